The van der Waals surface area contributed by atoms with Gasteiger partial charge in [-0.2, -0.15) is 5.10 Å². The van der Waals surface area contributed by atoms with E-state index in [2.05, 4.69) is 15.4 Å². The molecule has 2 fully saturated rings. The Morgan fingerprint density at radius 3 is 2.85 bits per heavy atom. The first kappa shape index (κ1) is 17.8. The second-order valence-corrected chi connectivity index (χ2v) is 7.73. The first-order valence-corrected chi connectivity index (χ1v) is 9.60. The standard InChI is InChI=1S/C19H26N6O2/c1-23-9-5-16(22-23)11-17(26)24-8-2-6-19(13-24,25-10-7-20-14-25)18(27)21-12-15-3-4-15/h5,7,9-10,14-15H,2-4,6,8,11-13H2,1H3,(H,21,27). The average Bonchev–Trinajstić information content (AvgIpc) is 3.14. The third-order valence-electron chi connectivity index (χ3n) is 5.59. The number of aromatic nitrogens is 4. The number of hydrogen-bond donors (Lipinski definition) is 1. The number of carbonyl (C=O) groups excluding carboxylic acids is 2. The highest BCUT2D eigenvalue weighted by Crippen LogP contribution is 2.31. The fourth-order valence-corrected chi connectivity index (χ4v) is 3.82. The van der Waals surface area contributed by atoms with Crippen LogP contribution < -0.4 is 5.32 Å². The Bertz CT molecular complexity index is 810. The van der Waals surface area contributed by atoms with Gasteiger partial charge in [0.15, 0.2) is 0 Å². The zero-order chi connectivity index (χ0) is 18.9. The van der Waals surface area contributed by atoms with Crippen molar-refractivity contribution in [1.29, 1.82) is 0 Å². The van der Waals surface area contributed by atoms with Crippen molar-refractivity contribution < 1.29 is 9.59 Å². The van der Waals surface area contributed by atoms with Gasteiger partial charge in [-0.15, -0.1) is 0 Å². The lowest BCUT2D eigenvalue weighted by Crippen LogP contribution is -2.59. The van der Waals surface area contributed by atoms with Gasteiger partial charge in [-0.05, 0) is 37.7 Å². The van der Waals surface area contributed by atoms with Crippen molar-refractivity contribution in [3.63, 3.8) is 0 Å². The number of nitrogens with zero attached hydrogens (tertiary/aromatic N) is 5. The fraction of sp³-hybridized carbons (Fsp3) is 0.579. The van der Waals surface area contributed by atoms with E-state index in [4.69, 9.17) is 0 Å². The van der Waals surface area contributed by atoms with E-state index >= 15 is 0 Å². The summed E-state index contributed by atoms with van der Waals surface area (Å²) in [5, 5.41) is 7.41. The molecule has 8 heteroatoms. The van der Waals surface area contributed by atoms with Crippen LogP contribution in [0.2, 0.25) is 0 Å². The highest BCUT2D eigenvalue weighted by atomic mass is 16.2. The number of hydrogen-bond acceptors (Lipinski definition) is 4. The predicted molar refractivity (Wildman–Crippen MR) is 98.7 cm³/mol. The molecule has 144 valence electrons. The molecule has 1 N–H and O–H groups in total. The zero-order valence-electron chi connectivity index (χ0n) is 15.7. The Morgan fingerprint density at radius 1 is 1.33 bits per heavy atom. The molecule has 2 amide bonds. The second-order valence-electron chi connectivity index (χ2n) is 7.73. The molecule has 8 nitrogen and oxygen atoms in total. The van der Waals surface area contributed by atoms with Crippen LogP contribution in [-0.2, 0) is 28.6 Å². The lowest BCUT2D eigenvalue weighted by Gasteiger charge is -2.42. The van der Waals surface area contributed by atoms with E-state index in [1.807, 2.05) is 30.1 Å². The molecule has 0 radical (unpaired) electrons. The van der Waals surface area contributed by atoms with E-state index in [1.165, 1.54) is 12.8 Å². The van der Waals surface area contributed by atoms with Gasteiger partial charge in [0.1, 0.15) is 5.54 Å². The molecule has 1 aliphatic carbocycles. The number of nitrogens with one attached hydrogen (secondary N) is 1. The van der Waals surface area contributed by atoms with Crippen molar-refractivity contribution in [2.75, 3.05) is 19.6 Å². The first-order valence-electron chi connectivity index (χ1n) is 9.60. The SMILES string of the molecule is Cn1ccc(CC(=O)N2CCCC(C(=O)NCC3CC3)(n3ccnc3)C2)n1. The summed E-state index contributed by atoms with van der Waals surface area (Å²) in [6.45, 7) is 1.75. The maximum absolute atomic E-state index is 13.2. The lowest BCUT2D eigenvalue weighted by atomic mass is 9.87. The maximum atomic E-state index is 13.2. The monoisotopic (exact) mass is 370 g/mol. The number of amides is 2. The molecule has 1 unspecified atom stereocenters. The van der Waals surface area contributed by atoms with Crippen LogP contribution in [0.4, 0.5) is 0 Å². The summed E-state index contributed by atoms with van der Waals surface area (Å²) in [7, 11) is 1.84. The molecule has 1 saturated carbocycles. The molecule has 2 aromatic heterocycles. The van der Waals surface area contributed by atoms with E-state index in [1.54, 1.807) is 22.1 Å². The molecule has 0 bridgehead atoms. The van der Waals surface area contributed by atoms with Gasteiger partial charge in [-0.1, -0.05) is 0 Å². The lowest BCUT2D eigenvalue weighted by molar-refractivity contribution is -0.140. The quantitative estimate of drug-likeness (QED) is 0.811. The summed E-state index contributed by atoms with van der Waals surface area (Å²) in [4.78, 5) is 32.0. The third kappa shape index (κ3) is 3.74. The van der Waals surface area contributed by atoms with Crippen LogP contribution in [0.25, 0.3) is 0 Å². The second kappa shape index (κ2) is 7.17. The molecular weight excluding hydrogens is 344 g/mol. The highest BCUT2D eigenvalue weighted by molar-refractivity contribution is 5.86. The fourth-order valence-electron chi connectivity index (χ4n) is 3.82. The molecule has 4 rings (SSSR count). The van der Waals surface area contributed by atoms with E-state index in [0.717, 1.165) is 18.7 Å². The van der Waals surface area contributed by atoms with Crippen LogP contribution in [0, 0.1) is 5.92 Å². The number of aryl methyl sites for hydroxylation is 1. The Labute approximate surface area is 158 Å². The van der Waals surface area contributed by atoms with E-state index < -0.39 is 5.54 Å². The van der Waals surface area contributed by atoms with E-state index in [9.17, 15) is 9.59 Å². The minimum Gasteiger partial charge on any atom is -0.354 e. The van der Waals surface area contributed by atoms with Crippen molar-refractivity contribution in [3.05, 3.63) is 36.7 Å². The summed E-state index contributed by atoms with van der Waals surface area (Å²) in [5.74, 6) is 0.606. The van der Waals surface area contributed by atoms with Gasteiger partial charge in [0.25, 0.3) is 0 Å². The van der Waals surface area contributed by atoms with Gasteiger partial charge in [0.05, 0.1) is 25.0 Å². The number of imidazole rings is 1. The summed E-state index contributed by atoms with van der Waals surface area (Å²) in [6, 6.07) is 1.85. The molecule has 3 heterocycles. The van der Waals surface area contributed by atoms with Gasteiger partial charge in [-0.3, -0.25) is 14.3 Å². The Morgan fingerprint density at radius 2 is 2.19 bits per heavy atom. The zero-order valence-corrected chi connectivity index (χ0v) is 15.7. The molecule has 2 aliphatic rings. The van der Waals surface area contributed by atoms with Gasteiger partial charge in [0.2, 0.25) is 11.8 Å². The van der Waals surface area contributed by atoms with Crippen molar-refractivity contribution in [2.45, 2.75) is 37.6 Å². The molecule has 1 aliphatic heterocycles. The van der Waals surface area contributed by atoms with E-state index in [0.29, 0.717) is 25.4 Å². The molecule has 1 saturated heterocycles. The summed E-state index contributed by atoms with van der Waals surface area (Å²) < 4.78 is 3.56. The maximum Gasteiger partial charge on any atom is 0.248 e. The highest BCUT2D eigenvalue weighted by Gasteiger charge is 2.45. The van der Waals surface area contributed by atoms with Crippen LogP contribution in [0.15, 0.2) is 31.0 Å². The number of rotatable bonds is 6. The third-order valence-corrected chi connectivity index (χ3v) is 5.59. The Hall–Kier alpha value is -2.64. The number of carbonyl (C=O) groups is 2. The molecule has 0 spiro atoms. The topological polar surface area (TPSA) is 85.0 Å². The van der Waals surface area contributed by atoms with Gasteiger partial charge in [-0.25, -0.2) is 4.98 Å². The summed E-state index contributed by atoms with van der Waals surface area (Å²) in [6.07, 6.45) is 11.1. The summed E-state index contributed by atoms with van der Waals surface area (Å²) in [5.41, 5.74) is -0.0388. The van der Waals surface area contributed by atoms with Crippen LogP contribution >= 0.6 is 0 Å². The minimum atomic E-state index is -0.788. The molecule has 1 atom stereocenters. The molecular formula is C19H26N6O2. The van der Waals surface area contributed by atoms with Crippen LogP contribution in [-0.4, -0.2) is 55.7 Å². The Kier molecular flexibility index (Phi) is 4.72. The van der Waals surface area contributed by atoms with Crippen LogP contribution in [0.3, 0.4) is 0 Å². The van der Waals surface area contributed by atoms with Crippen LogP contribution in [0.1, 0.15) is 31.4 Å². The minimum absolute atomic E-state index is 0.00730. The number of piperidine rings is 1. The van der Waals surface area contributed by atoms with E-state index in [-0.39, 0.29) is 18.2 Å². The van der Waals surface area contributed by atoms with Crippen molar-refractivity contribution in [1.82, 2.24) is 29.5 Å². The van der Waals surface area contributed by atoms with Crippen molar-refractivity contribution in [2.24, 2.45) is 13.0 Å². The largest absolute Gasteiger partial charge is 0.354 e. The molecule has 0 aromatic carbocycles. The molecule has 2 aromatic rings. The summed E-state index contributed by atoms with van der Waals surface area (Å²) >= 11 is 0. The van der Waals surface area contributed by atoms with Crippen molar-refractivity contribution in [3.8, 4) is 0 Å². The van der Waals surface area contributed by atoms with Crippen LogP contribution in [0.5, 0.6) is 0 Å². The van der Waals surface area contributed by atoms with Gasteiger partial charge < -0.3 is 14.8 Å². The smallest absolute Gasteiger partial charge is 0.248 e. The first-order chi connectivity index (χ1) is 13.1. The average molecular weight is 370 g/mol. The Balaban J connectivity index is 1.51. The predicted octanol–water partition coefficient (Wildman–Crippen LogP) is 0.703. The normalized spacial score (nSPS) is 22.6. The number of likely N-dealkylation sites (tertiary alicyclic amines) is 1. The molecule has 27 heavy (non-hydrogen) atoms. The van der Waals surface area contributed by atoms with Gasteiger partial charge in [0, 0.05) is 38.7 Å². The van der Waals surface area contributed by atoms with Crippen molar-refractivity contribution >= 4 is 11.8 Å². The van der Waals surface area contributed by atoms with Gasteiger partial charge >= 0.3 is 0 Å².